The molecule has 0 bridgehead atoms. The van der Waals surface area contributed by atoms with Crippen LogP contribution in [0, 0.1) is 0 Å². The van der Waals surface area contributed by atoms with Gasteiger partial charge < -0.3 is 13.6 Å². The summed E-state index contributed by atoms with van der Waals surface area (Å²) in [5.74, 6) is 0. The van der Waals surface area contributed by atoms with Crippen molar-refractivity contribution in [2.24, 2.45) is 0 Å². The molecule has 0 aliphatic carbocycles. The molecule has 0 fully saturated rings. The fourth-order valence-corrected chi connectivity index (χ4v) is 1.28. The van der Waals surface area contributed by atoms with Crippen molar-refractivity contribution >= 4 is 17.0 Å². The van der Waals surface area contributed by atoms with Crippen LogP contribution >= 0.6 is 8.60 Å². The van der Waals surface area contributed by atoms with E-state index in [0.29, 0.717) is 19.8 Å². The largest absolute Gasteiger partial charge is 0.332 e. The first-order valence-corrected chi connectivity index (χ1v) is 4.63. The zero-order chi connectivity index (χ0) is 7.82. The van der Waals surface area contributed by atoms with E-state index in [9.17, 15) is 0 Å². The van der Waals surface area contributed by atoms with Crippen molar-refractivity contribution in [2.45, 2.75) is 20.8 Å². The second kappa shape index (κ2) is 10.4. The number of hydrogen-bond acceptors (Lipinski definition) is 3. The molecule has 0 saturated heterocycles. The van der Waals surface area contributed by atoms with Crippen molar-refractivity contribution in [3.8, 4) is 0 Å². The molecule has 11 heavy (non-hydrogen) atoms. The molecular weight excluding hydrogens is 162 g/mol. The summed E-state index contributed by atoms with van der Waals surface area (Å²) in [6.07, 6.45) is 0. The van der Waals surface area contributed by atoms with Gasteiger partial charge in [-0.15, -0.1) is 0 Å². The number of rotatable bonds is 6. The van der Waals surface area contributed by atoms with E-state index >= 15 is 0 Å². The molecule has 0 heterocycles. The van der Waals surface area contributed by atoms with Gasteiger partial charge >= 0.3 is 8.60 Å². The third-order valence-corrected chi connectivity index (χ3v) is 2.11. The lowest BCUT2D eigenvalue weighted by molar-refractivity contribution is 0.176. The van der Waals surface area contributed by atoms with E-state index in [-0.39, 0.29) is 8.41 Å². The van der Waals surface area contributed by atoms with Crippen molar-refractivity contribution < 1.29 is 13.6 Å². The van der Waals surface area contributed by atoms with Gasteiger partial charge in [0.05, 0.1) is 28.2 Å². The van der Waals surface area contributed by atoms with Crippen molar-refractivity contribution in [1.29, 1.82) is 0 Å². The number of hydrogen-bond donors (Lipinski definition) is 0. The van der Waals surface area contributed by atoms with Gasteiger partial charge in [-0.25, -0.2) is 0 Å². The summed E-state index contributed by atoms with van der Waals surface area (Å²) in [7, 11) is -1.06. The Labute approximate surface area is 72.0 Å². The van der Waals surface area contributed by atoms with Crippen LogP contribution in [0.2, 0.25) is 0 Å². The summed E-state index contributed by atoms with van der Waals surface area (Å²) in [4.78, 5) is 0. The van der Waals surface area contributed by atoms with E-state index in [1.54, 1.807) is 0 Å². The molecule has 0 amide bonds. The molecule has 0 atom stereocenters. The molecule has 0 radical (unpaired) electrons. The second-order valence-corrected chi connectivity index (χ2v) is 2.70. The van der Waals surface area contributed by atoms with Crippen LogP contribution in [-0.2, 0) is 13.6 Å². The molecule has 0 aromatic carbocycles. The SMILES string of the molecule is B.CCOP(OCC)OCC. The Morgan fingerprint density at radius 3 is 1.27 bits per heavy atom. The fraction of sp³-hybridized carbons (Fsp3) is 1.00. The van der Waals surface area contributed by atoms with E-state index in [1.165, 1.54) is 0 Å². The highest BCUT2D eigenvalue weighted by atomic mass is 31.2. The van der Waals surface area contributed by atoms with E-state index in [1.807, 2.05) is 20.8 Å². The third-order valence-electron chi connectivity index (χ3n) is 0.704. The highest BCUT2D eigenvalue weighted by molar-refractivity contribution is 7.41. The minimum atomic E-state index is -1.06. The molecule has 0 aliphatic heterocycles. The normalized spacial score (nSPS) is 9.82. The summed E-state index contributed by atoms with van der Waals surface area (Å²) < 4.78 is 15.4. The van der Waals surface area contributed by atoms with E-state index in [0.717, 1.165) is 0 Å². The van der Waals surface area contributed by atoms with Gasteiger partial charge in [0.2, 0.25) is 0 Å². The molecule has 0 saturated carbocycles. The minimum Gasteiger partial charge on any atom is -0.313 e. The first-order chi connectivity index (χ1) is 4.85. The van der Waals surface area contributed by atoms with Crippen LogP contribution in [0.15, 0.2) is 0 Å². The first kappa shape index (κ1) is 13.9. The summed E-state index contributed by atoms with van der Waals surface area (Å²) in [5.41, 5.74) is 0. The maximum absolute atomic E-state index is 5.14. The first-order valence-electron chi connectivity index (χ1n) is 3.54. The van der Waals surface area contributed by atoms with Gasteiger partial charge in [0.1, 0.15) is 0 Å². The van der Waals surface area contributed by atoms with Gasteiger partial charge in [0.25, 0.3) is 0 Å². The average Bonchev–Trinajstić information content (AvgIpc) is 1.90. The van der Waals surface area contributed by atoms with Gasteiger partial charge in [-0.05, 0) is 20.8 Å². The lowest BCUT2D eigenvalue weighted by Crippen LogP contribution is -1.94. The van der Waals surface area contributed by atoms with E-state index < -0.39 is 8.60 Å². The Kier molecular flexibility index (Phi) is 13.1. The molecule has 0 unspecified atom stereocenters. The van der Waals surface area contributed by atoms with Gasteiger partial charge in [-0.2, -0.15) is 0 Å². The van der Waals surface area contributed by atoms with Crippen LogP contribution < -0.4 is 0 Å². The zero-order valence-corrected chi connectivity index (χ0v) is 7.69. The Bertz CT molecular complexity index is 60.6. The van der Waals surface area contributed by atoms with Gasteiger partial charge in [-0.1, -0.05) is 0 Å². The van der Waals surface area contributed by atoms with Gasteiger partial charge in [0, 0.05) is 0 Å². The fourth-order valence-electron chi connectivity index (χ4n) is 0.428. The molecule has 0 aromatic rings. The predicted octanol–water partition coefficient (Wildman–Crippen LogP) is 1.14. The Morgan fingerprint density at radius 2 is 1.09 bits per heavy atom. The predicted molar refractivity (Wildman–Crippen MR) is 51.7 cm³/mol. The molecule has 0 aliphatic rings. The lowest BCUT2D eigenvalue weighted by atomic mass is 10.8. The second-order valence-electron chi connectivity index (χ2n) is 1.48. The molecular formula is C6H18BO3P. The Morgan fingerprint density at radius 1 is 0.818 bits per heavy atom. The van der Waals surface area contributed by atoms with Crippen LogP contribution in [0.25, 0.3) is 0 Å². The maximum Gasteiger partial charge on any atom is 0.332 e. The topological polar surface area (TPSA) is 27.7 Å². The van der Waals surface area contributed by atoms with Crippen molar-refractivity contribution in [3.05, 3.63) is 0 Å². The van der Waals surface area contributed by atoms with Crippen LogP contribution in [0.4, 0.5) is 0 Å². The summed E-state index contributed by atoms with van der Waals surface area (Å²) in [6, 6.07) is 0. The maximum atomic E-state index is 5.14. The van der Waals surface area contributed by atoms with Crippen LogP contribution in [0.5, 0.6) is 0 Å². The van der Waals surface area contributed by atoms with Crippen molar-refractivity contribution in [1.82, 2.24) is 0 Å². The van der Waals surface area contributed by atoms with Gasteiger partial charge in [-0.3, -0.25) is 0 Å². The van der Waals surface area contributed by atoms with E-state index in [2.05, 4.69) is 0 Å². The molecule has 0 aromatic heterocycles. The third kappa shape index (κ3) is 8.28. The minimum absolute atomic E-state index is 0. The highest BCUT2D eigenvalue weighted by Gasteiger charge is 2.07. The lowest BCUT2D eigenvalue weighted by Gasteiger charge is -2.12. The quantitative estimate of drug-likeness (QED) is 0.453. The molecule has 68 valence electrons. The van der Waals surface area contributed by atoms with Gasteiger partial charge in [0.15, 0.2) is 0 Å². The molecule has 0 N–H and O–H groups in total. The van der Waals surface area contributed by atoms with Crippen molar-refractivity contribution in [3.63, 3.8) is 0 Å². The van der Waals surface area contributed by atoms with Crippen molar-refractivity contribution in [2.75, 3.05) is 19.8 Å². The summed E-state index contributed by atoms with van der Waals surface area (Å²) in [6.45, 7) is 7.71. The standard InChI is InChI=1S/C6H15O3P.BH3/c1-4-7-10(8-5-2)9-6-3;/h4-6H2,1-3H3;1H3. The molecule has 0 rings (SSSR count). The molecule has 5 heteroatoms. The monoisotopic (exact) mass is 180 g/mol. The Balaban J connectivity index is 0. The van der Waals surface area contributed by atoms with E-state index in [4.69, 9.17) is 13.6 Å². The zero-order valence-electron chi connectivity index (χ0n) is 6.79. The highest BCUT2D eigenvalue weighted by Crippen LogP contribution is 2.38. The smallest absolute Gasteiger partial charge is 0.313 e. The van der Waals surface area contributed by atoms with Crippen LogP contribution in [0.3, 0.4) is 0 Å². The van der Waals surface area contributed by atoms with Crippen LogP contribution in [0.1, 0.15) is 20.8 Å². The average molecular weight is 180 g/mol. The summed E-state index contributed by atoms with van der Waals surface area (Å²) in [5, 5.41) is 0. The molecule has 3 nitrogen and oxygen atoms in total. The molecule has 0 spiro atoms. The van der Waals surface area contributed by atoms with Crippen LogP contribution in [-0.4, -0.2) is 28.2 Å². The summed E-state index contributed by atoms with van der Waals surface area (Å²) >= 11 is 0. The Hall–Kier alpha value is 0.375.